The van der Waals surface area contributed by atoms with Crippen molar-refractivity contribution in [2.45, 2.75) is 6.42 Å². The van der Waals surface area contributed by atoms with Gasteiger partial charge in [-0.05, 0) is 19.2 Å². The van der Waals surface area contributed by atoms with Gasteiger partial charge in [-0.3, -0.25) is 0 Å². The van der Waals surface area contributed by atoms with E-state index in [1.165, 1.54) is 0 Å². The third-order valence-electron chi connectivity index (χ3n) is 1.82. The molecule has 0 radical (unpaired) electrons. The number of benzene rings is 1. The number of rotatable bonds is 2. The summed E-state index contributed by atoms with van der Waals surface area (Å²) in [6.45, 7) is 0.848. The summed E-state index contributed by atoms with van der Waals surface area (Å²) in [6, 6.07) is 3.33. The van der Waals surface area contributed by atoms with Crippen molar-refractivity contribution in [2.75, 3.05) is 19.3 Å². The van der Waals surface area contributed by atoms with Crippen molar-refractivity contribution < 1.29 is 0 Å². The first kappa shape index (κ1) is 12.2. The first-order valence-electron chi connectivity index (χ1n) is 4.53. The van der Waals surface area contributed by atoms with Crippen molar-refractivity contribution in [1.29, 1.82) is 0 Å². The Morgan fingerprint density at radius 1 is 1.40 bits per heavy atom. The summed E-state index contributed by atoms with van der Waals surface area (Å²) in [7, 11) is 1.88. The number of nitrogens with one attached hydrogen (secondary N) is 1. The van der Waals surface area contributed by atoms with Crippen LogP contribution in [0.3, 0.4) is 0 Å². The zero-order valence-corrected chi connectivity index (χ0v) is 9.91. The third kappa shape index (κ3) is 3.64. The van der Waals surface area contributed by atoms with E-state index >= 15 is 0 Å². The van der Waals surface area contributed by atoms with Gasteiger partial charge in [0.1, 0.15) is 0 Å². The summed E-state index contributed by atoms with van der Waals surface area (Å²) >= 11 is 11.7. The average molecular weight is 243 g/mol. The largest absolute Gasteiger partial charge is 0.397 e. The molecule has 0 spiro atoms. The molecule has 0 saturated carbocycles. The molecule has 0 aliphatic rings. The predicted molar refractivity (Wildman–Crippen MR) is 66.3 cm³/mol. The van der Waals surface area contributed by atoms with Crippen molar-refractivity contribution in [2.24, 2.45) is 0 Å². The van der Waals surface area contributed by atoms with Crippen molar-refractivity contribution in [1.82, 2.24) is 5.32 Å². The van der Waals surface area contributed by atoms with E-state index in [2.05, 4.69) is 17.2 Å². The number of nitrogens with two attached hydrogens (primary N) is 1. The second-order valence-electron chi connectivity index (χ2n) is 3.00. The SMILES string of the molecule is CNCCC#Cc1cc(Cl)cc(Cl)c1N. The predicted octanol–water partition coefficient (Wildman–Crippen LogP) is 2.54. The molecule has 1 rings (SSSR count). The summed E-state index contributed by atoms with van der Waals surface area (Å²) in [4.78, 5) is 0. The van der Waals surface area contributed by atoms with E-state index in [4.69, 9.17) is 28.9 Å². The second kappa shape index (κ2) is 5.87. The van der Waals surface area contributed by atoms with Gasteiger partial charge >= 0.3 is 0 Å². The van der Waals surface area contributed by atoms with Gasteiger partial charge in [0, 0.05) is 18.0 Å². The van der Waals surface area contributed by atoms with Gasteiger partial charge in [0.2, 0.25) is 0 Å². The Hall–Kier alpha value is -0.880. The van der Waals surface area contributed by atoms with Crippen LogP contribution in [0, 0.1) is 11.8 Å². The fourth-order valence-corrected chi connectivity index (χ4v) is 1.53. The molecule has 0 bridgehead atoms. The lowest BCUT2D eigenvalue weighted by molar-refractivity contribution is 0.818. The van der Waals surface area contributed by atoms with Crippen LogP contribution >= 0.6 is 23.2 Å². The second-order valence-corrected chi connectivity index (χ2v) is 3.85. The minimum atomic E-state index is 0.445. The van der Waals surface area contributed by atoms with Gasteiger partial charge in [0.25, 0.3) is 0 Å². The highest BCUT2D eigenvalue weighted by molar-refractivity contribution is 6.36. The van der Waals surface area contributed by atoms with Crippen LogP contribution < -0.4 is 11.1 Å². The van der Waals surface area contributed by atoms with Crippen LogP contribution in [0.15, 0.2) is 12.1 Å². The van der Waals surface area contributed by atoms with E-state index < -0.39 is 0 Å². The molecule has 2 nitrogen and oxygen atoms in total. The Bertz CT molecular complexity index is 405. The number of anilines is 1. The molecule has 0 amide bonds. The molecule has 0 unspecified atom stereocenters. The molecule has 1 aromatic rings. The van der Waals surface area contributed by atoms with E-state index in [1.807, 2.05) is 7.05 Å². The van der Waals surface area contributed by atoms with E-state index in [-0.39, 0.29) is 0 Å². The zero-order chi connectivity index (χ0) is 11.3. The standard InChI is InChI=1S/C11H12Cl2N2/c1-15-5-3-2-4-8-6-9(12)7-10(13)11(8)14/h6-7,15H,3,5,14H2,1H3. The number of hydrogen-bond donors (Lipinski definition) is 2. The van der Waals surface area contributed by atoms with Gasteiger partial charge in [-0.25, -0.2) is 0 Å². The lowest BCUT2D eigenvalue weighted by atomic mass is 10.2. The fourth-order valence-electron chi connectivity index (χ4n) is 1.03. The minimum Gasteiger partial charge on any atom is -0.397 e. The molecule has 0 fully saturated rings. The van der Waals surface area contributed by atoms with E-state index in [0.717, 1.165) is 13.0 Å². The molecule has 4 heteroatoms. The number of hydrogen-bond acceptors (Lipinski definition) is 2. The fraction of sp³-hybridized carbons (Fsp3) is 0.273. The summed E-state index contributed by atoms with van der Waals surface area (Å²) in [5, 5.41) is 4.00. The third-order valence-corrected chi connectivity index (χ3v) is 2.35. The Balaban J connectivity index is 2.88. The molecule has 1 aromatic carbocycles. The maximum absolute atomic E-state index is 5.87. The summed E-state index contributed by atoms with van der Waals surface area (Å²) in [5.74, 6) is 5.93. The monoisotopic (exact) mass is 242 g/mol. The highest BCUT2D eigenvalue weighted by atomic mass is 35.5. The van der Waals surface area contributed by atoms with Crippen LogP contribution in [0.1, 0.15) is 12.0 Å². The topological polar surface area (TPSA) is 38.0 Å². The Morgan fingerprint density at radius 3 is 2.80 bits per heavy atom. The van der Waals surface area contributed by atoms with E-state index in [0.29, 0.717) is 21.3 Å². The van der Waals surface area contributed by atoms with Gasteiger partial charge < -0.3 is 11.1 Å². The highest BCUT2D eigenvalue weighted by Gasteiger charge is 2.02. The van der Waals surface area contributed by atoms with Crippen LogP contribution in [0.5, 0.6) is 0 Å². The first-order valence-corrected chi connectivity index (χ1v) is 5.28. The Kier molecular flexibility index (Phi) is 4.77. The van der Waals surface area contributed by atoms with Crippen LogP contribution in [0.4, 0.5) is 5.69 Å². The molecule has 0 saturated heterocycles. The molecule has 0 aromatic heterocycles. The van der Waals surface area contributed by atoms with Gasteiger partial charge in [0.05, 0.1) is 16.3 Å². The summed E-state index contributed by atoms with van der Waals surface area (Å²) in [5.41, 5.74) is 6.93. The molecular formula is C11H12Cl2N2. The van der Waals surface area contributed by atoms with E-state index in [9.17, 15) is 0 Å². The summed E-state index contributed by atoms with van der Waals surface area (Å²) in [6.07, 6.45) is 0.764. The first-order chi connectivity index (χ1) is 7.15. The van der Waals surface area contributed by atoms with Crippen molar-refractivity contribution in [3.63, 3.8) is 0 Å². The molecule has 3 N–H and O–H groups in total. The van der Waals surface area contributed by atoms with Gasteiger partial charge in [-0.1, -0.05) is 35.0 Å². The minimum absolute atomic E-state index is 0.445. The molecule has 0 heterocycles. The maximum Gasteiger partial charge on any atom is 0.0663 e. The smallest absolute Gasteiger partial charge is 0.0663 e. The summed E-state index contributed by atoms with van der Waals surface area (Å²) < 4.78 is 0. The van der Waals surface area contributed by atoms with Gasteiger partial charge in [-0.15, -0.1) is 0 Å². The van der Waals surface area contributed by atoms with Crippen LogP contribution in [-0.2, 0) is 0 Å². The van der Waals surface area contributed by atoms with Crippen molar-refractivity contribution >= 4 is 28.9 Å². The van der Waals surface area contributed by atoms with Gasteiger partial charge in [-0.2, -0.15) is 0 Å². The average Bonchev–Trinajstić information content (AvgIpc) is 2.19. The molecular weight excluding hydrogens is 231 g/mol. The Labute approximate surface area is 99.8 Å². The van der Waals surface area contributed by atoms with Crippen LogP contribution in [0.25, 0.3) is 0 Å². The quantitative estimate of drug-likeness (QED) is 0.476. The molecule has 15 heavy (non-hydrogen) atoms. The van der Waals surface area contributed by atoms with Crippen molar-refractivity contribution in [3.8, 4) is 11.8 Å². The molecule has 0 aliphatic carbocycles. The van der Waals surface area contributed by atoms with Gasteiger partial charge in [0.15, 0.2) is 0 Å². The molecule has 0 aliphatic heterocycles. The molecule has 80 valence electrons. The van der Waals surface area contributed by atoms with Crippen LogP contribution in [-0.4, -0.2) is 13.6 Å². The normalized spacial score (nSPS) is 9.53. The van der Waals surface area contributed by atoms with Crippen molar-refractivity contribution in [3.05, 3.63) is 27.7 Å². The molecule has 0 atom stereocenters. The number of nitrogen functional groups attached to an aromatic ring is 1. The van der Waals surface area contributed by atoms with Crippen LogP contribution in [0.2, 0.25) is 10.0 Å². The number of halogens is 2. The highest BCUT2D eigenvalue weighted by Crippen LogP contribution is 2.26. The lowest BCUT2D eigenvalue weighted by Crippen LogP contribution is -2.05. The lowest BCUT2D eigenvalue weighted by Gasteiger charge is -2.01. The Morgan fingerprint density at radius 2 is 2.13 bits per heavy atom. The van der Waals surface area contributed by atoms with E-state index in [1.54, 1.807) is 12.1 Å². The maximum atomic E-state index is 5.87. The zero-order valence-electron chi connectivity index (χ0n) is 8.40.